The quantitative estimate of drug-likeness (QED) is 0.660. The van der Waals surface area contributed by atoms with Gasteiger partial charge >= 0.3 is 0 Å². The van der Waals surface area contributed by atoms with Crippen LogP contribution in [-0.2, 0) is 0 Å². The SMILES string of the molecule is CSc1ccc(Cl)cc1-c1ccccc1Br. The topological polar surface area (TPSA) is 0 Å². The van der Waals surface area contributed by atoms with Crippen LogP contribution in [0.25, 0.3) is 11.1 Å². The molecule has 0 fully saturated rings. The van der Waals surface area contributed by atoms with E-state index in [-0.39, 0.29) is 0 Å². The third-order valence-corrected chi connectivity index (χ3v) is 4.05. The number of hydrogen-bond acceptors (Lipinski definition) is 1. The van der Waals surface area contributed by atoms with Crippen LogP contribution >= 0.6 is 39.3 Å². The summed E-state index contributed by atoms with van der Waals surface area (Å²) in [5.74, 6) is 0. The Kier molecular flexibility index (Phi) is 3.95. The number of benzene rings is 2. The molecule has 0 spiro atoms. The molecule has 2 aromatic carbocycles. The Bertz CT molecular complexity index is 511. The molecule has 0 aliphatic carbocycles. The summed E-state index contributed by atoms with van der Waals surface area (Å²) >= 11 is 11.3. The molecular weight excluding hydrogens is 304 g/mol. The highest BCUT2D eigenvalue weighted by Crippen LogP contribution is 2.36. The third kappa shape index (κ3) is 2.45. The Labute approximate surface area is 113 Å². The smallest absolute Gasteiger partial charge is 0.0412 e. The molecule has 0 heterocycles. The molecule has 82 valence electrons. The zero-order valence-corrected chi connectivity index (χ0v) is 11.9. The van der Waals surface area contributed by atoms with Crippen molar-refractivity contribution in [3.05, 3.63) is 52.0 Å². The van der Waals surface area contributed by atoms with E-state index in [1.807, 2.05) is 30.3 Å². The van der Waals surface area contributed by atoms with Crippen LogP contribution < -0.4 is 0 Å². The van der Waals surface area contributed by atoms with Crippen LogP contribution in [0.3, 0.4) is 0 Å². The van der Waals surface area contributed by atoms with Gasteiger partial charge in [0.2, 0.25) is 0 Å². The summed E-state index contributed by atoms with van der Waals surface area (Å²) in [4.78, 5) is 1.23. The lowest BCUT2D eigenvalue weighted by Gasteiger charge is -2.09. The van der Waals surface area contributed by atoms with E-state index in [4.69, 9.17) is 11.6 Å². The maximum absolute atomic E-state index is 6.05. The molecular formula is C13H10BrClS. The lowest BCUT2D eigenvalue weighted by molar-refractivity contribution is 1.44. The zero-order chi connectivity index (χ0) is 11.5. The first-order chi connectivity index (χ1) is 7.72. The molecule has 0 saturated carbocycles. The predicted octanol–water partition coefficient (Wildman–Crippen LogP) is 5.49. The summed E-state index contributed by atoms with van der Waals surface area (Å²) in [6.07, 6.45) is 2.07. The van der Waals surface area contributed by atoms with Gasteiger partial charge in [0.25, 0.3) is 0 Å². The average molecular weight is 314 g/mol. The van der Waals surface area contributed by atoms with E-state index in [2.05, 4.69) is 34.3 Å². The molecule has 0 aliphatic heterocycles. The minimum Gasteiger partial charge on any atom is -0.129 e. The van der Waals surface area contributed by atoms with Crippen LogP contribution in [0.4, 0.5) is 0 Å². The first kappa shape index (κ1) is 12.0. The van der Waals surface area contributed by atoms with Crippen LogP contribution in [0, 0.1) is 0 Å². The van der Waals surface area contributed by atoms with Crippen molar-refractivity contribution in [1.29, 1.82) is 0 Å². The van der Waals surface area contributed by atoms with Gasteiger partial charge in [0.05, 0.1) is 0 Å². The van der Waals surface area contributed by atoms with Crippen LogP contribution in [0.2, 0.25) is 5.02 Å². The van der Waals surface area contributed by atoms with Gasteiger partial charge in [0.15, 0.2) is 0 Å². The normalized spacial score (nSPS) is 10.4. The van der Waals surface area contributed by atoms with Crippen LogP contribution in [-0.4, -0.2) is 6.26 Å². The van der Waals surface area contributed by atoms with Gasteiger partial charge < -0.3 is 0 Å². The molecule has 0 nitrogen and oxygen atoms in total. The third-order valence-electron chi connectivity index (χ3n) is 2.33. The zero-order valence-electron chi connectivity index (χ0n) is 8.71. The number of hydrogen-bond donors (Lipinski definition) is 0. The van der Waals surface area contributed by atoms with Crippen LogP contribution in [0.15, 0.2) is 51.8 Å². The Morgan fingerprint density at radius 1 is 1.06 bits per heavy atom. The lowest BCUT2D eigenvalue weighted by Crippen LogP contribution is -1.83. The Morgan fingerprint density at radius 3 is 2.50 bits per heavy atom. The molecule has 0 unspecified atom stereocenters. The van der Waals surface area contributed by atoms with Gasteiger partial charge in [-0.15, -0.1) is 11.8 Å². The number of thioether (sulfide) groups is 1. The summed E-state index contributed by atoms with van der Waals surface area (Å²) in [7, 11) is 0. The Morgan fingerprint density at radius 2 is 1.81 bits per heavy atom. The first-order valence-corrected chi connectivity index (χ1v) is 7.20. The van der Waals surface area contributed by atoms with E-state index in [0.29, 0.717) is 0 Å². The number of halogens is 2. The standard InChI is InChI=1S/C13H10BrClS/c1-16-13-7-6-9(15)8-11(13)10-4-2-3-5-12(10)14/h2-8H,1H3. The average Bonchev–Trinajstić information content (AvgIpc) is 2.29. The second-order valence-corrected chi connectivity index (χ2v) is 5.46. The molecule has 0 aliphatic rings. The molecule has 0 bridgehead atoms. The summed E-state index contributed by atoms with van der Waals surface area (Å²) in [5, 5.41) is 0.767. The van der Waals surface area contributed by atoms with Gasteiger partial charge in [-0.2, -0.15) is 0 Å². The van der Waals surface area contributed by atoms with Gasteiger partial charge in [0.1, 0.15) is 0 Å². The molecule has 0 amide bonds. The second-order valence-electron chi connectivity index (χ2n) is 3.32. The Balaban J connectivity index is 2.63. The fourth-order valence-corrected chi connectivity index (χ4v) is 2.83. The fourth-order valence-electron chi connectivity index (χ4n) is 1.57. The first-order valence-electron chi connectivity index (χ1n) is 4.81. The van der Waals surface area contributed by atoms with Crippen molar-refractivity contribution >= 4 is 39.3 Å². The van der Waals surface area contributed by atoms with Crippen LogP contribution in [0.1, 0.15) is 0 Å². The molecule has 2 aromatic rings. The van der Waals surface area contributed by atoms with Gasteiger partial charge in [-0.25, -0.2) is 0 Å². The Hall–Kier alpha value is -0.440. The van der Waals surface area contributed by atoms with E-state index >= 15 is 0 Å². The van der Waals surface area contributed by atoms with Crippen molar-refractivity contribution < 1.29 is 0 Å². The highest BCUT2D eigenvalue weighted by atomic mass is 79.9. The largest absolute Gasteiger partial charge is 0.129 e. The maximum atomic E-state index is 6.05. The van der Waals surface area contributed by atoms with E-state index < -0.39 is 0 Å². The van der Waals surface area contributed by atoms with Gasteiger partial charge in [-0.3, -0.25) is 0 Å². The summed E-state index contributed by atoms with van der Waals surface area (Å²) in [6, 6.07) is 14.2. The summed E-state index contributed by atoms with van der Waals surface area (Å²) < 4.78 is 1.09. The van der Waals surface area contributed by atoms with Gasteiger partial charge in [-0.05, 0) is 41.6 Å². The minimum absolute atomic E-state index is 0.767. The molecule has 3 heteroatoms. The molecule has 0 radical (unpaired) electrons. The fraction of sp³-hybridized carbons (Fsp3) is 0.0769. The molecule has 16 heavy (non-hydrogen) atoms. The van der Waals surface area contributed by atoms with Crippen molar-refractivity contribution in [1.82, 2.24) is 0 Å². The highest BCUT2D eigenvalue weighted by molar-refractivity contribution is 9.10. The van der Waals surface area contributed by atoms with Crippen molar-refractivity contribution in [3.63, 3.8) is 0 Å². The van der Waals surface area contributed by atoms with Gasteiger partial charge in [-0.1, -0.05) is 45.7 Å². The second kappa shape index (κ2) is 5.26. The van der Waals surface area contributed by atoms with Crippen molar-refractivity contribution in [3.8, 4) is 11.1 Å². The predicted molar refractivity (Wildman–Crippen MR) is 76.4 cm³/mol. The van der Waals surface area contributed by atoms with E-state index in [9.17, 15) is 0 Å². The number of rotatable bonds is 2. The summed E-state index contributed by atoms with van der Waals surface area (Å²) in [5.41, 5.74) is 2.35. The highest BCUT2D eigenvalue weighted by Gasteiger charge is 2.07. The summed E-state index contributed by atoms with van der Waals surface area (Å²) in [6.45, 7) is 0. The van der Waals surface area contributed by atoms with Crippen molar-refractivity contribution in [2.75, 3.05) is 6.26 Å². The molecule has 0 aromatic heterocycles. The van der Waals surface area contributed by atoms with E-state index in [1.54, 1.807) is 11.8 Å². The molecule has 0 saturated heterocycles. The molecule has 0 atom stereocenters. The lowest BCUT2D eigenvalue weighted by atomic mass is 10.1. The van der Waals surface area contributed by atoms with Crippen molar-refractivity contribution in [2.45, 2.75) is 4.90 Å². The van der Waals surface area contributed by atoms with Crippen molar-refractivity contribution in [2.24, 2.45) is 0 Å². The van der Waals surface area contributed by atoms with E-state index in [1.165, 1.54) is 16.0 Å². The van der Waals surface area contributed by atoms with E-state index in [0.717, 1.165) is 9.50 Å². The minimum atomic E-state index is 0.767. The maximum Gasteiger partial charge on any atom is 0.0412 e. The van der Waals surface area contributed by atoms with Crippen LogP contribution in [0.5, 0.6) is 0 Å². The monoisotopic (exact) mass is 312 g/mol. The van der Waals surface area contributed by atoms with Gasteiger partial charge in [0, 0.05) is 14.4 Å². The molecule has 0 N–H and O–H groups in total. The molecule has 2 rings (SSSR count).